The van der Waals surface area contributed by atoms with Crippen LogP contribution in [0.2, 0.25) is 0 Å². The number of carbonyl (C=O) groups excluding carboxylic acids is 1. The molecule has 3 N–H and O–H groups in total. The van der Waals surface area contributed by atoms with E-state index in [1.807, 2.05) is 0 Å². The summed E-state index contributed by atoms with van der Waals surface area (Å²) in [6, 6.07) is 3.42. The molecule has 0 saturated carbocycles. The van der Waals surface area contributed by atoms with Crippen LogP contribution in [0.5, 0.6) is 0 Å². The zero-order valence-electron chi connectivity index (χ0n) is 9.65. The maximum atomic E-state index is 11.7. The predicted molar refractivity (Wildman–Crippen MR) is 64.0 cm³/mol. The first-order chi connectivity index (χ1) is 7.77. The minimum Gasteiger partial charge on any atom is -0.352 e. The van der Waals surface area contributed by atoms with Crippen molar-refractivity contribution in [2.45, 2.75) is 19.8 Å². The van der Waals surface area contributed by atoms with Crippen LogP contribution in [0.3, 0.4) is 0 Å². The summed E-state index contributed by atoms with van der Waals surface area (Å²) >= 11 is 0. The molecule has 1 heterocycles. The summed E-state index contributed by atoms with van der Waals surface area (Å²) in [6.45, 7) is 3.47. The molecule has 88 valence electrons. The Kier molecular flexibility index (Phi) is 5.50. The van der Waals surface area contributed by atoms with Gasteiger partial charge in [0.1, 0.15) is 0 Å². The molecular formula is C12H19N3O. The Balaban J connectivity index is 2.40. The molecule has 0 aliphatic carbocycles. The number of nitrogens with one attached hydrogen (secondary N) is 1. The van der Waals surface area contributed by atoms with E-state index in [4.69, 9.17) is 5.73 Å². The molecule has 4 nitrogen and oxygen atoms in total. The molecule has 4 heteroatoms. The number of hydrogen-bond acceptors (Lipinski definition) is 3. The van der Waals surface area contributed by atoms with Crippen LogP contribution < -0.4 is 11.1 Å². The lowest BCUT2D eigenvalue weighted by atomic mass is 10.0. The molecule has 0 aliphatic rings. The van der Waals surface area contributed by atoms with E-state index in [0.29, 0.717) is 24.6 Å². The summed E-state index contributed by atoms with van der Waals surface area (Å²) in [7, 11) is 0. The Morgan fingerprint density at radius 2 is 2.19 bits per heavy atom. The van der Waals surface area contributed by atoms with E-state index in [1.54, 1.807) is 24.5 Å². The van der Waals surface area contributed by atoms with E-state index in [0.717, 1.165) is 12.8 Å². The molecule has 1 aromatic heterocycles. The monoisotopic (exact) mass is 221 g/mol. The number of amides is 1. The second-order valence-corrected chi connectivity index (χ2v) is 3.80. The molecule has 0 saturated heterocycles. The molecule has 1 atom stereocenters. The number of hydrogen-bond donors (Lipinski definition) is 2. The van der Waals surface area contributed by atoms with Crippen molar-refractivity contribution in [3.63, 3.8) is 0 Å². The summed E-state index contributed by atoms with van der Waals surface area (Å²) in [6.07, 6.45) is 5.22. The summed E-state index contributed by atoms with van der Waals surface area (Å²) < 4.78 is 0. The van der Waals surface area contributed by atoms with Crippen LogP contribution in [0.1, 0.15) is 30.1 Å². The lowest BCUT2D eigenvalue weighted by molar-refractivity contribution is 0.0946. The normalized spacial score (nSPS) is 12.1. The van der Waals surface area contributed by atoms with Crippen molar-refractivity contribution in [2.24, 2.45) is 11.7 Å². The highest BCUT2D eigenvalue weighted by Gasteiger charge is 2.08. The Morgan fingerprint density at radius 1 is 1.50 bits per heavy atom. The smallest absolute Gasteiger partial charge is 0.251 e. The number of nitrogens with two attached hydrogens (primary N) is 1. The van der Waals surface area contributed by atoms with Gasteiger partial charge in [-0.15, -0.1) is 0 Å². The lowest BCUT2D eigenvalue weighted by Gasteiger charge is -2.14. The van der Waals surface area contributed by atoms with E-state index < -0.39 is 0 Å². The van der Waals surface area contributed by atoms with Crippen molar-refractivity contribution in [2.75, 3.05) is 13.1 Å². The van der Waals surface area contributed by atoms with Crippen molar-refractivity contribution in [1.29, 1.82) is 0 Å². The highest BCUT2D eigenvalue weighted by molar-refractivity contribution is 5.93. The zero-order valence-corrected chi connectivity index (χ0v) is 9.65. The number of pyridine rings is 1. The maximum absolute atomic E-state index is 11.7. The molecule has 16 heavy (non-hydrogen) atoms. The average molecular weight is 221 g/mol. The highest BCUT2D eigenvalue weighted by atomic mass is 16.1. The van der Waals surface area contributed by atoms with Gasteiger partial charge in [-0.1, -0.05) is 13.3 Å². The van der Waals surface area contributed by atoms with Gasteiger partial charge in [-0.2, -0.15) is 0 Å². The summed E-state index contributed by atoms with van der Waals surface area (Å²) in [5.74, 6) is 0.425. The first-order valence-electron chi connectivity index (χ1n) is 5.66. The maximum Gasteiger partial charge on any atom is 0.251 e. The molecule has 0 aromatic carbocycles. The largest absolute Gasteiger partial charge is 0.352 e. The first-order valence-corrected chi connectivity index (χ1v) is 5.66. The van der Waals surface area contributed by atoms with E-state index in [2.05, 4.69) is 17.2 Å². The highest BCUT2D eigenvalue weighted by Crippen LogP contribution is 2.05. The summed E-state index contributed by atoms with van der Waals surface area (Å²) in [5.41, 5.74) is 6.15. The van der Waals surface area contributed by atoms with Crippen LogP contribution in [0, 0.1) is 5.92 Å². The molecule has 0 aliphatic heterocycles. The molecule has 1 unspecified atom stereocenters. The van der Waals surface area contributed by atoms with Crippen LogP contribution in [0.15, 0.2) is 24.5 Å². The molecule has 0 radical (unpaired) electrons. The van der Waals surface area contributed by atoms with Gasteiger partial charge in [0.25, 0.3) is 5.91 Å². The minimum atomic E-state index is -0.0436. The van der Waals surface area contributed by atoms with E-state index in [1.165, 1.54) is 0 Å². The zero-order chi connectivity index (χ0) is 11.8. The van der Waals surface area contributed by atoms with Crippen molar-refractivity contribution < 1.29 is 4.79 Å². The van der Waals surface area contributed by atoms with Crippen LogP contribution in [-0.2, 0) is 0 Å². The quantitative estimate of drug-likeness (QED) is 0.758. The van der Waals surface area contributed by atoms with Crippen LogP contribution >= 0.6 is 0 Å². The Hall–Kier alpha value is -1.42. The number of carbonyl (C=O) groups is 1. The Labute approximate surface area is 96.3 Å². The predicted octanol–water partition coefficient (Wildman–Crippen LogP) is 1.19. The van der Waals surface area contributed by atoms with Crippen LogP contribution in [0.4, 0.5) is 0 Å². The Bertz CT molecular complexity index is 313. The van der Waals surface area contributed by atoms with Crippen LogP contribution in [-0.4, -0.2) is 24.0 Å². The standard InChI is InChI=1S/C12H19N3O/c1-2-10(3-6-13)9-15-12(16)11-4-7-14-8-5-11/h4-5,7-8,10H,2-3,6,9,13H2,1H3,(H,15,16). The first kappa shape index (κ1) is 12.6. The van der Waals surface area contributed by atoms with Gasteiger partial charge < -0.3 is 11.1 Å². The van der Waals surface area contributed by atoms with E-state index >= 15 is 0 Å². The minimum absolute atomic E-state index is 0.0436. The molecule has 1 rings (SSSR count). The third kappa shape index (κ3) is 3.98. The number of nitrogens with zero attached hydrogens (tertiary/aromatic N) is 1. The molecule has 1 aromatic rings. The third-order valence-corrected chi connectivity index (χ3v) is 2.65. The van der Waals surface area contributed by atoms with Crippen molar-refractivity contribution in [3.05, 3.63) is 30.1 Å². The molecular weight excluding hydrogens is 202 g/mol. The summed E-state index contributed by atoms with van der Waals surface area (Å²) in [5, 5.41) is 2.91. The van der Waals surface area contributed by atoms with Crippen molar-refractivity contribution in [3.8, 4) is 0 Å². The number of aromatic nitrogens is 1. The van der Waals surface area contributed by atoms with Gasteiger partial charge in [0, 0.05) is 24.5 Å². The summed E-state index contributed by atoms with van der Waals surface area (Å²) in [4.78, 5) is 15.6. The van der Waals surface area contributed by atoms with Crippen molar-refractivity contribution >= 4 is 5.91 Å². The van der Waals surface area contributed by atoms with Gasteiger partial charge in [-0.3, -0.25) is 9.78 Å². The second-order valence-electron chi connectivity index (χ2n) is 3.80. The van der Waals surface area contributed by atoms with E-state index in [-0.39, 0.29) is 5.91 Å². The van der Waals surface area contributed by atoms with E-state index in [9.17, 15) is 4.79 Å². The fourth-order valence-electron chi connectivity index (χ4n) is 1.53. The van der Waals surface area contributed by atoms with Gasteiger partial charge in [0.05, 0.1) is 0 Å². The Morgan fingerprint density at radius 3 is 2.75 bits per heavy atom. The average Bonchev–Trinajstić information content (AvgIpc) is 2.35. The molecule has 1 amide bonds. The van der Waals surface area contributed by atoms with Gasteiger partial charge >= 0.3 is 0 Å². The van der Waals surface area contributed by atoms with Crippen molar-refractivity contribution in [1.82, 2.24) is 10.3 Å². The number of rotatable bonds is 6. The van der Waals surface area contributed by atoms with Crippen LogP contribution in [0.25, 0.3) is 0 Å². The topological polar surface area (TPSA) is 68.0 Å². The lowest BCUT2D eigenvalue weighted by Crippen LogP contribution is -2.30. The van der Waals surface area contributed by atoms with Gasteiger partial charge in [0.2, 0.25) is 0 Å². The van der Waals surface area contributed by atoms with Gasteiger partial charge in [-0.05, 0) is 31.0 Å². The molecule has 0 bridgehead atoms. The molecule has 0 spiro atoms. The SMILES string of the molecule is CCC(CCN)CNC(=O)c1ccncc1. The fraction of sp³-hybridized carbons (Fsp3) is 0.500. The van der Waals surface area contributed by atoms with Gasteiger partial charge in [0.15, 0.2) is 0 Å². The van der Waals surface area contributed by atoms with Gasteiger partial charge in [-0.25, -0.2) is 0 Å². The fourth-order valence-corrected chi connectivity index (χ4v) is 1.53. The molecule has 0 fully saturated rings. The second kappa shape index (κ2) is 6.95. The third-order valence-electron chi connectivity index (χ3n) is 2.65.